The third-order valence-electron chi connectivity index (χ3n) is 4.93. The summed E-state index contributed by atoms with van der Waals surface area (Å²) in [5.41, 5.74) is 0.588. The smallest absolute Gasteiger partial charge is 0.179 e. The summed E-state index contributed by atoms with van der Waals surface area (Å²) in [4.78, 5) is 2.26. The molecule has 0 amide bonds. The average Bonchev–Trinajstić information content (AvgIpc) is 2.57. The molecule has 2 rings (SSSR count). The monoisotopic (exact) mass is 357 g/mol. The summed E-state index contributed by atoms with van der Waals surface area (Å²) in [6.07, 6.45) is 1.97. The molecule has 1 aromatic rings. The molecule has 0 aliphatic carbocycles. The minimum atomic E-state index is -0.451. The van der Waals surface area contributed by atoms with E-state index in [0.717, 1.165) is 24.9 Å². The number of likely N-dealkylation sites (tertiary alicyclic amines) is 1. The zero-order valence-electron chi connectivity index (χ0n) is 14.7. The van der Waals surface area contributed by atoms with Gasteiger partial charge in [0.2, 0.25) is 0 Å². The molecule has 1 aliphatic rings. The topological polar surface area (TPSA) is 62.2 Å². The Morgan fingerprint density at radius 2 is 2.08 bits per heavy atom. The van der Waals surface area contributed by atoms with E-state index in [1.165, 1.54) is 0 Å². The van der Waals surface area contributed by atoms with E-state index < -0.39 is 11.5 Å². The number of piperidine rings is 1. The van der Waals surface area contributed by atoms with Crippen molar-refractivity contribution in [3.63, 3.8) is 0 Å². The lowest BCUT2D eigenvalue weighted by Gasteiger charge is -2.45. The van der Waals surface area contributed by atoms with Crippen molar-refractivity contribution >= 4 is 11.6 Å². The van der Waals surface area contributed by atoms with Crippen molar-refractivity contribution in [3.8, 4) is 11.5 Å². The van der Waals surface area contributed by atoms with Crippen LogP contribution >= 0.6 is 11.6 Å². The van der Waals surface area contributed by atoms with Gasteiger partial charge in [0.15, 0.2) is 11.5 Å². The number of methoxy groups -OCH3 is 2. The van der Waals surface area contributed by atoms with Crippen LogP contribution in [0, 0.1) is 5.41 Å². The van der Waals surface area contributed by atoms with E-state index >= 15 is 0 Å². The molecule has 0 saturated carbocycles. The molecule has 5 nitrogen and oxygen atoms in total. The van der Waals surface area contributed by atoms with Gasteiger partial charge in [-0.3, -0.25) is 4.90 Å². The van der Waals surface area contributed by atoms with Gasteiger partial charge in [-0.1, -0.05) is 24.9 Å². The summed E-state index contributed by atoms with van der Waals surface area (Å²) in [6.45, 7) is 4.24. The molecule has 2 N–H and O–H groups in total. The first-order valence-corrected chi connectivity index (χ1v) is 8.79. The Morgan fingerprint density at radius 3 is 2.67 bits per heavy atom. The summed E-state index contributed by atoms with van der Waals surface area (Å²) in [5.74, 6) is 1.15. The maximum Gasteiger partial charge on any atom is 0.179 e. The maximum absolute atomic E-state index is 10.4. The third-order valence-corrected chi connectivity index (χ3v) is 5.21. The first-order valence-electron chi connectivity index (χ1n) is 8.41. The Morgan fingerprint density at radius 1 is 1.33 bits per heavy atom. The summed E-state index contributed by atoms with van der Waals surface area (Å²) < 4.78 is 10.6. The zero-order chi connectivity index (χ0) is 17.7. The van der Waals surface area contributed by atoms with Crippen LogP contribution in [-0.2, 0) is 6.54 Å². The summed E-state index contributed by atoms with van der Waals surface area (Å²) in [7, 11) is 3.16. The average molecular weight is 358 g/mol. The molecular weight excluding hydrogens is 330 g/mol. The number of benzene rings is 1. The van der Waals surface area contributed by atoms with Crippen LogP contribution in [0.3, 0.4) is 0 Å². The van der Waals surface area contributed by atoms with Crippen LogP contribution in [0.25, 0.3) is 0 Å². The lowest BCUT2D eigenvalue weighted by atomic mass is 9.74. The maximum atomic E-state index is 10.4. The van der Waals surface area contributed by atoms with Gasteiger partial charge >= 0.3 is 0 Å². The summed E-state index contributed by atoms with van der Waals surface area (Å²) >= 11 is 6.28. The van der Waals surface area contributed by atoms with Gasteiger partial charge in [-0.05, 0) is 30.5 Å². The van der Waals surface area contributed by atoms with E-state index in [-0.39, 0.29) is 6.61 Å². The van der Waals surface area contributed by atoms with Gasteiger partial charge in [-0.25, -0.2) is 0 Å². The van der Waals surface area contributed by atoms with E-state index in [1.807, 2.05) is 12.1 Å². The van der Waals surface area contributed by atoms with Crippen LogP contribution in [0.4, 0.5) is 0 Å². The van der Waals surface area contributed by atoms with Crippen molar-refractivity contribution in [3.05, 3.63) is 22.7 Å². The molecule has 0 aromatic heterocycles. The predicted molar refractivity (Wildman–Crippen MR) is 94.9 cm³/mol. The molecule has 0 unspecified atom stereocenters. The van der Waals surface area contributed by atoms with Gasteiger partial charge in [0.1, 0.15) is 0 Å². The van der Waals surface area contributed by atoms with Crippen LogP contribution in [0.15, 0.2) is 12.1 Å². The molecule has 24 heavy (non-hydrogen) atoms. The Labute approximate surface area is 149 Å². The fourth-order valence-electron chi connectivity index (χ4n) is 3.67. The Bertz CT molecular complexity index is 554. The second kappa shape index (κ2) is 8.39. The van der Waals surface area contributed by atoms with Gasteiger partial charge in [-0.15, -0.1) is 0 Å². The first kappa shape index (κ1) is 19.3. The molecule has 136 valence electrons. The number of ether oxygens (including phenoxy) is 2. The van der Waals surface area contributed by atoms with E-state index in [0.29, 0.717) is 36.0 Å². The van der Waals surface area contributed by atoms with Crippen LogP contribution < -0.4 is 9.47 Å². The van der Waals surface area contributed by atoms with Crippen LogP contribution in [0.5, 0.6) is 11.5 Å². The van der Waals surface area contributed by atoms with E-state index in [2.05, 4.69) is 11.8 Å². The Hall–Kier alpha value is -1.01. The highest BCUT2D eigenvalue weighted by Crippen LogP contribution is 2.38. The van der Waals surface area contributed by atoms with Gasteiger partial charge < -0.3 is 19.7 Å². The quantitative estimate of drug-likeness (QED) is 0.785. The van der Waals surface area contributed by atoms with Crippen molar-refractivity contribution in [2.24, 2.45) is 5.41 Å². The Kier molecular flexibility index (Phi) is 6.75. The number of halogens is 1. The fraction of sp³-hybridized carbons (Fsp3) is 0.667. The molecular formula is C18H28ClNO4. The fourth-order valence-corrected chi connectivity index (χ4v) is 3.98. The van der Waals surface area contributed by atoms with Crippen LogP contribution in [0.2, 0.25) is 5.02 Å². The molecule has 1 saturated heterocycles. The van der Waals surface area contributed by atoms with Gasteiger partial charge in [0, 0.05) is 25.0 Å². The molecule has 0 bridgehead atoms. The first-order chi connectivity index (χ1) is 11.5. The molecule has 1 fully saturated rings. The second-order valence-corrected chi connectivity index (χ2v) is 7.01. The van der Waals surface area contributed by atoms with Crippen molar-refractivity contribution in [1.29, 1.82) is 0 Å². The summed E-state index contributed by atoms with van der Waals surface area (Å²) in [6, 6.07) is 3.81. The highest BCUT2D eigenvalue weighted by atomic mass is 35.5. The Balaban J connectivity index is 2.17. The molecule has 1 aromatic carbocycles. The number of hydrogen-bond acceptors (Lipinski definition) is 5. The standard InChI is InChI=1S/C18H28ClNO4/c1-4-6-18(12-21)11-20(7-5-16(18)22)10-13-8-14(19)17(24-3)15(9-13)23-2/h8-9,16,21-22H,4-7,10-12H2,1-3H3/t16-,18-/m0/s1. The number of nitrogens with zero attached hydrogens (tertiary/aromatic N) is 1. The predicted octanol–water partition coefficient (Wildman–Crippen LogP) is 2.70. The molecule has 0 radical (unpaired) electrons. The van der Waals surface area contributed by atoms with Gasteiger partial charge in [0.05, 0.1) is 32.0 Å². The minimum absolute atomic E-state index is 0.00516. The van der Waals surface area contributed by atoms with Crippen molar-refractivity contribution < 1.29 is 19.7 Å². The SMILES string of the molecule is CCC[C@@]1(CO)CN(Cc2cc(Cl)c(OC)c(OC)c2)CC[C@@H]1O. The number of aliphatic hydroxyl groups excluding tert-OH is 2. The molecule has 1 heterocycles. The van der Waals surface area contributed by atoms with Crippen LogP contribution in [0.1, 0.15) is 31.7 Å². The molecule has 2 atom stereocenters. The van der Waals surface area contributed by atoms with Gasteiger partial charge in [-0.2, -0.15) is 0 Å². The zero-order valence-corrected chi connectivity index (χ0v) is 15.5. The van der Waals surface area contributed by atoms with Crippen molar-refractivity contribution in [2.75, 3.05) is 33.9 Å². The highest BCUT2D eigenvalue weighted by molar-refractivity contribution is 6.32. The van der Waals surface area contributed by atoms with E-state index in [9.17, 15) is 10.2 Å². The largest absolute Gasteiger partial charge is 0.493 e. The van der Waals surface area contributed by atoms with E-state index in [1.54, 1.807) is 14.2 Å². The summed E-state index contributed by atoms with van der Waals surface area (Å²) in [5, 5.41) is 20.8. The van der Waals surface area contributed by atoms with Crippen molar-refractivity contribution in [2.45, 2.75) is 38.8 Å². The molecule has 1 aliphatic heterocycles. The van der Waals surface area contributed by atoms with Crippen LogP contribution in [-0.4, -0.2) is 55.1 Å². The molecule has 6 heteroatoms. The highest BCUT2D eigenvalue weighted by Gasteiger charge is 2.41. The second-order valence-electron chi connectivity index (χ2n) is 6.60. The lowest BCUT2D eigenvalue weighted by molar-refractivity contribution is -0.0819. The van der Waals surface area contributed by atoms with Crippen molar-refractivity contribution in [1.82, 2.24) is 4.90 Å². The third kappa shape index (κ3) is 3.97. The minimum Gasteiger partial charge on any atom is -0.493 e. The number of rotatable bonds is 7. The normalized spacial score (nSPS) is 24.8. The number of hydrogen-bond donors (Lipinski definition) is 2. The lowest BCUT2D eigenvalue weighted by Crippen LogP contribution is -2.53. The molecule has 0 spiro atoms. The van der Waals surface area contributed by atoms with Gasteiger partial charge in [0.25, 0.3) is 0 Å². The van der Waals surface area contributed by atoms with E-state index in [4.69, 9.17) is 21.1 Å². The number of aliphatic hydroxyl groups is 2.